The van der Waals surface area contributed by atoms with Gasteiger partial charge in [-0.05, 0) is 11.4 Å². The highest BCUT2D eigenvalue weighted by atomic mass is 32.2. The average molecular weight is 231 g/mol. The molecule has 1 aromatic rings. The number of nitrogens with zero attached hydrogens (tertiary/aromatic N) is 1. The van der Waals surface area contributed by atoms with E-state index in [0.29, 0.717) is 23.3 Å². The fraction of sp³-hybridized carbons (Fsp3) is 0.286. The molecule has 1 aliphatic heterocycles. The molecule has 0 amide bonds. The van der Waals surface area contributed by atoms with Gasteiger partial charge < -0.3 is 5.32 Å². The van der Waals surface area contributed by atoms with Crippen LogP contribution in [0, 0.1) is 0 Å². The molecule has 1 aromatic heterocycles. The second-order valence-corrected chi connectivity index (χ2v) is 5.55. The normalized spacial score (nSPS) is 16.1. The van der Waals surface area contributed by atoms with Crippen LogP contribution in [0.4, 0.5) is 0 Å². The number of hydrogen-bond donors (Lipinski definition) is 2. The minimum atomic E-state index is -3.43. The Morgan fingerprint density at radius 1 is 1.57 bits per heavy atom. The van der Waals surface area contributed by atoms with E-state index in [2.05, 4.69) is 15.0 Å². The van der Waals surface area contributed by atoms with Crippen LogP contribution in [-0.4, -0.2) is 27.5 Å². The Kier molecular flexibility index (Phi) is 2.42. The van der Waals surface area contributed by atoms with E-state index in [4.69, 9.17) is 0 Å². The van der Waals surface area contributed by atoms with Gasteiger partial charge in [-0.3, -0.25) is 4.99 Å². The number of rotatable bonds is 2. The maximum absolute atomic E-state index is 11.6. The van der Waals surface area contributed by atoms with Gasteiger partial charge in [-0.15, -0.1) is 11.3 Å². The number of aliphatic imine (C=N–C) groups is 1. The molecule has 0 fully saturated rings. The van der Waals surface area contributed by atoms with Gasteiger partial charge in [0.25, 0.3) is 10.0 Å². The van der Waals surface area contributed by atoms with Crippen molar-refractivity contribution in [2.75, 3.05) is 13.1 Å². The lowest BCUT2D eigenvalue weighted by Crippen LogP contribution is -2.37. The fourth-order valence-electron chi connectivity index (χ4n) is 1.06. The van der Waals surface area contributed by atoms with Crippen LogP contribution in [0.15, 0.2) is 26.7 Å². The third kappa shape index (κ3) is 1.88. The molecular weight excluding hydrogens is 222 g/mol. The maximum Gasteiger partial charge on any atom is 0.273 e. The minimum absolute atomic E-state index is 0.300. The summed E-state index contributed by atoms with van der Waals surface area (Å²) in [6, 6.07) is 3.26. The minimum Gasteiger partial charge on any atom is -0.354 e. The third-order valence-corrected chi connectivity index (χ3v) is 4.40. The first-order chi connectivity index (χ1) is 6.68. The molecule has 2 rings (SSSR count). The molecule has 76 valence electrons. The predicted octanol–water partition coefficient (Wildman–Crippen LogP) is -0.0144. The van der Waals surface area contributed by atoms with Gasteiger partial charge in [-0.2, -0.15) is 0 Å². The molecule has 0 aliphatic carbocycles. The fourth-order valence-corrected chi connectivity index (χ4v) is 3.06. The molecule has 1 aliphatic rings. The largest absolute Gasteiger partial charge is 0.354 e. The van der Waals surface area contributed by atoms with Gasteiger partial charge in [0.2, 0.25) is 5.96 Å². The highest BCUT2D eigenvalue weighted by Crippen LogP contribution is 2.15. The van der Waals surface area contributed by atoms with Crippen molar-refractivity contribution in [3.05, 3.63) is 17.5 Å². The van der Waals surface area contributed by atoms with Crippen LogP contribution in [0.3, 0.4) is 0 Å². The first kappa shape index (κ1) is 9.47. The van der Waals surface area contributed by atoms with Gasteiger partial charge in [0, 0.05) is 6.54 Å². The van der Waals surface area contributed by atoms with Crippen LogP contribution in [0.25, 0.3) is 0 Å². The van der Waals surface area contributed by atoms with Crippen molar-refractivity contribution in [1.29, 1.82) is 0 Å². The molecule has 0 saturated heterocycles. The van der Waals surface area contributed by atoms with E-state index in [1.807, 2.05) is 0 Å². The Hall–Kier alpha value is -1.08. The highest BCUT2D eigenvalue weighted by molar-refractivity contribution is 7.92. The summed E-state index contributed by atoms with van der Waals surface area (Å²) in [7, 11) is -3.43. The third-order valence-electron chi connectivity index (χ3n) is 1.67. The SMILES string of the molecule is O=S(=O)(NC1=NCCN1)c1cccs1. The summed E-state index contributed by atoms with van der Waals surface area (Å²) in [6.45, 7) is 1.30. The van der Waals surface area contributed by atoms with Crippen molar-refractivity contribution in [2.24, 2.45) is 4.99 Å². The molecule has 0 atom stereocenters. The Balaban J connectivity index is 2.18. The number of guanidine groups is 1. The van der Waals surface area contributed by atoms with Crippen LogP contribution in [0.2, 0.25) is 0 Å². The molecule has 14 heavy (non-hydrogen) atoms. The van der Waals surface area contributed by atoms with Crippen molar-refractivity contribution < 1.29 is 8.42 Å². The van der Waals surface area contributed by atoms with Crippen LogP contribution in [0.1, 0.15) is 0 Å². The van der Waals surface area contributed by atoms with Crippen molar-refractivity contribution in [3.63, 3.8) is 0 Å². The molecular formula is C7H9N3O2S2. The maximum atomic E-state index is 11.6. The zero-order valence-electron chi connectivity index (χ0n) is 7.23. The monoisotopic (exact) mass is 231 g/mol. The highest BCUT2D eigenvalue weighted by Gasteiger charge is 2.18. The molecule has 2 heterocycles. The lowest BCUT2D eigenvalue weighted by Gasteiger charge is -2.05. The summed E-state index contributed by atoms with van der Waals surface area (Å²) < 4.78 is 25.9. The van der Waals surface area contributed by atoms with Crippen molar-refractivity contribution in [2.45, 2.75) is 4.21 Å². The zero-order chi connectivity index (χ0) is 10.0. The lowest BCUT2D eigenvalue weighted by molar-refractivity contribution is 0.594. The van der Waals surface area contributed by atoms with E-state index in [-0.39, 0.29) is 0 Å². The number of thiophene rings is 1. The molecule has 0 spiro atoms. The zero-order valence-corrected chi connectivity index (χ0v) is 8.86. The Morgan fingerprint density at radius 3 is 3.00 bits per heavy atom. The smallest absolute Gasteiger partial charge is 0.273 e. The molecule has 5 nitrogen and oxygen atoms in total. The lowest BCUT2D eigenvalue weighted by atomic mass is 10.7. The van der Waals surface area contributed by atoms with Gasteiger partial charge in [-0.1, -0.05) is 6.07 Å². The second-order valence-electron chi connectivity index (χ2n) is 2.69. The Labute approximate surface area is 85.9 Å². The first-order valence-corrected chi connectivity index (χ1v) is 6.39. The molecule has 0 radical (unpaired) electrons. The van der Waals surface area contributed by atoms with Crippen LogP contribution in [-0.2, 0) is 10.0 Å². The standard InChI is InChI=1S/C7H9N3O2S2/c11-14(12,6-2-1-5-13-6)10-7-8-3-4-9-7/h1-2,5H,3-4H2,(H2,8,9,10). The molecule has 0 unspecified atom stereocenters. The van der Waals surface area contributed by atoms with E-state index in [1.165, 1.54) is 11.3 Å². The van der Waals surface area contributed by atoms with E-state index in [1.54, 1.807) is 17.5 Å². The summed E-state index contributed by atoms with van der Waals surface area (Å²) in [5.74, 6) is 0.332. The van der Waals surface area contributed by atoms with E-state index < -0.39 is 10.0 Å². The molecule has 0 saturated carbocycles. The van der Waals surface area contributed by atoms with Gasteiger partial charge >= 0.3 is 0 Å². The Bertz CT molecular complexity index is 436. The van der Waals surface area contributed by atoms with Crippen molar-refractivity contribution >= 4 is 27.3 Å². The quantitative estimate of drug-likeness (QED) is 0.752. The van der Waals surface area contributed by atoms with Crippen LogP contribution >= 0.6 is 11.3 Å². The molecule has 0 bridgehead atoms. The number of nitrogens with one attached hydrogen (secondary N) is 2. The predicted molar refractivity (Wildman–Crippen MR) is 54.9 cm³/mol. The summed E-state index contributed by atoms with van der Waals surface area (Å²) in [5.41, 5.74) is 0. The van der Waals surface area contributed by atoms with E-state index >= 15 is 0 Å². The average Bonchev–Trinajstić information content (AvgIpc) is 2.71. The van der Waals surface area contributed by atoms with Crippen LogP contribution < -0.4 is 10.0 Å². The van der Waals surface area contributed by atoms with Crippen molar-refractivity contribution in [3.8, 4) is 0 Å². The number of sulfonamides is 1. The van der Waals surface area contributed by atoms with Crippen molar-refractivity contribution in [1.82, 2.24) is 10.0 Å². The molecule has 7 heteroatoms. The molecule has 0 aromatic carbocycles. The van der Waals surface area contributed by atoms with Gasteiger partial charge in [0.1, 0.15) is 4.21 Å². The van der Waals surface area contributed by atoms with E-state index in [0.717, 1.165) is 0 Å². The Morgan fingerprint density at radius 2 is 2.43 bits per heavy atom. The summed E-state index contributed by atoms with van der Waals surface area (Å²) in [5, 5.41) is 4.56. The summed E-state index contributed by atoms with van der Waals surface area (Å²) in [4.78, 5) is 3.95. The van der Waals surface area contributed by atoms with Gasteiger partial charge in [0.05, 0.1) is 6.54 Å². The summed E-state index contributed by atoms with van der Waals surface area (Å²) in [6.07, 6.45) is 0. The number of hydrogen-bond acceptors (Lipinski definition) is 5. The topological polar surface area (TPSA) is 70.6 Å². The molecule has 2 N–H and O–H groups in total. The van der Waals surface area contributed by atoms with Crippen LogP contribution in [0.5, 0.6) is 0 Å². The second kappa shape index (κ2) is 3.58. The first-order valence-electron chi connectivity index (χ1n) is 4.03. The van der Waals surface area contributed by atoms with E-state index in [9.17, 15) is 8.42 Å². The van der Waals surface area contributed by atoms with Gasteiger partial charge in [0.15, 0.2) is 0 Å². The van der Waals surface area contributed by atoms with Gasteiger partial charge in [-0.25, -0.2) is 13.1 Å². The summed E-state index contributed by atoms with van der Waals surface area (Å²) >= 11 is 1.18.